The average molecular weight is 388 g/mol. The van der Waals surface area contributed by atoms with E-state index in [0.717, 1.165) is 60.6 Å². The lowest BCUT2D eigenvalue weighted by Gasteiger charge is -2.22. The normalized spacial score (nSPS) is 17.9. The Hall–Kier alpha value is -1.84. The third-order valence-corrected chi connectivity index (χ3v) is 5.94. The van der Waals surface area contributed by atoms with Crippen LogP contribution in [0.5, 0.6) is 0 Å². The number of hydrogen-bond acceptors (Lipinski definition) is 3. The first-order valence-electron chi connectivity index (χ1n) is 10.9. The second kappa shape index (κ2) is 12.6. The van der Waals surface area contributed by atoms with E-state index in [1.54, 1.807) is 0 Å². The SMILES string of the molecule is CCCC(CCC(C)CC)NC(=O)C1=CC=C(C(=N/C)/C(C)=C(\C)NC)CC1. The predicted molar refractivity (Wildman–Crippen MR) is 122 cm³/mol. The number of rotatable bonds is 11. The summed E-state index contributed by atoms with van der Waals surface area (Å²) in [6.45, 7) is 10.9. The van der Waals surface area contributed by atoms with Crippen LogP contribution < -0.4 is 10.6 Å². The van der Waals surface area contributed by atoms with Gasteiger partial charge in [-0.25, -0.2) is 0 Å². The van der Waals surface area contributed by atoms with Crippen molar-refractivity contribution in [3.8, 4) is 0 Å². The molecule has 158 valence electrons. The second-order valence-electron chi connectivity index (χ2n) is 8.01. The first kappa shape index (κ1) is 24.2. The minimum atomic E-state index is 0.103. The highest BCUT2D eigenvalue weighted by Gasteiger charge is 2.20. The van der Waals surface area contributed by atoms with Crippen molar-refractivity contribution in [1.82, 2.24) is 10.6 Å². The number of allylic oxidation sites excluding steroid dienone is 5. The molecule has 0 radical (unpaired) electrons. The summed E-state index contributed by atoms with van der Waals surface area (Å²) >= 11 is 0. The fraction of sp³-hybridized carbons (Fsp3) is 0.667. The summed E-state index contributed by atoms with van der Waals surface area (Å²) in [5.74, 6) is 0.825. The van der Waals surface area contributed by atoms with Crippen LogP contribution in [-0.4, -0.2) is 31.8 Å². The van der Waals surface area contributed by atoms with Gasteiger partial charge in [0.1, 0.15) is 0 Å². The lowest BCUT2D eigenvalue weighted by Crippen LogP contribution is -2.36. The fourth-order valence-electron chi connectivity index (χ4n) is 3.55. The van der Waals surface area contributed by atoms with Crippen LogP contribution >= 0.6 is 0 Å². The van der Waals surface area contributed by atoms with Crippen molar-refractivity contribution in [2.45, 2.75) is 85.6 Å². The van der Waals surface area contributed by atoms with Crippen LogP contribution in [-0.2, 0) is 4.79 Å². The standard InChI is InChI=1S/C24H41N3O/c1-8-10-22(16-11-17(3)9-2)27-24(28)21-14-12-20(13-15-21)23(26-7)18(4)19(5)25-6/h12,14,17,22,25H,8-11,13,15-16H2,1-7H3,(H,27,28)/b19-18+,26-23+. The molecule has 0 aromatic heterocycles. The number of nitrogens with zero attached hydrogens (tertiary/aromatic N) is 1. The average Bonchev–Trinajstić information content (AvgIpc) is 2.72. The van der Waals surface area contributed by atoms with Gasteiger partial charge >= 0.3 is 0 Å². The van der Waals surface area contributed by atoms with Gasteiger partial charge in [0.15, 0.2) is 0 Å². The molecule has 2 unspecified atom stereocenters. The third-order valence-electron chi connectivity index (χ3n) is 5.94. The van der Waals surface area contributed by atoms with Crippen molar-refractivity contribution in [3.05, 3.63) is 34.6 Å². The van der Waals surface area contributed by atoms with Gasteiger partial charge in [0.2, 0.25) is 5.91 Å². The van der Waals surface area contributed by atoms with E-state index in [2.05, 4.69) is 56.3 Å². The molecule has 4 nitrogen and oxygen atoms in total. The molecule has 0 bridgehead atoms. The van der Waals surface area contributed by atoms with E-state index in [4.69, 9.17) is 0 Å². The largest absolute Gasteiger partial charge is 0.391 e. The Morgan fingerprint density at radius 1 is 1.11 bits per heavy atom. The molecule has 0 saturated heterocycles. The van der Waals surface area contributed by atoms with E-state index in [-0.39, 0.29) is 11.9 Å². The zero-order valence-electron chi connectivity index (χ0n) is 19.1. The fourth-order valence-corrected chi connectivity index (χ4v) is 3.55. The quantitative estimate of drug-likeness (QED) is 0.471. The van der Waals surface area contributed by atoms with Crippen LogP contribution in [0.3, 0.4) is 0 Å². The molecule has 0 spiro atoms. The summed E-state index contributed by atoms with van der Waals surface area (Å²) in [4.78, 5) is 17.3. The van der Waals surface area contributed by atoms with Crippen LogP contribution in [0.4, 0.5) is 0 Å². The van der Waals surface area contributed by atoms with Crippen LogP contribution in [0.1, 0.15) is 79.6 Å². The van der Waals surface area contributed by atoms with Gasteiger partial charge in [0.05, 0.1) is 5.71 Å². The van der Waals surface area contributed by atoms with E-state index < -0.39 is 0 Å². The van der Waals surface area contributed by atoms with Gasteiger partial charge in [-0.05, 0) is 63.0 Å². The maximum Gasteiger partial charge on any atom is 0.247 e. The maximum atomic E-state index is 12.8. The van der Waals surface area contributed by atoms with Crippen molar-refractivity contribution in [2.75, 3.05) is 14.1 Å². The van der Waals surface area contributed by atoms with E-state index >= 15 is 0 Å². The molecule has 1 aliphatic carbocycles. The van der Waals surface area contributed by atoms with Crippen LogP contribution in [0.25, 0.3) is 0 Å². The summed E-state index contributed by atoms with van der Waals surface area (Å²) in [7, 11) is 3.76. The number of aliphatic imine (C=N–C) groups is 1. The molecule has 4 heteroatoms. The van der Waals surface area contributed by atoms with Gasteiger partial charge in [-0.15, -0.1) is 0 Å². The molecule has 1 amide bonds. The molecular weight excluding hydrogens is 346 g/mol. The highest BCUT2D eigenvalue weighted by Crippen LogP contribution is 2.24. The van der Waals surface area contributed by atoms with Crippen molar-refractivity contribution < 1.29 is 4.79 Å². The van der Waals surface area contributed by atoms with Crippen LogP contribution in [0, 0.1) is 5.92 Å². The maximum absolute atomic E-state index is 12.8. The van der Waals surface area contributed by atoms with Crippen LogP contribution in [0.15, 0.2) is 39.6 Å². The Morgan fingerprint density at radius 3 is 2.25 bits per heavy atom. The summed E-state index contributed by atoms with van der Waals surface area (Å²) in [6, 6.07) is 0.286. The lowest BCUT2D eigenvalue weighted by atomic mass is 9.91. The Kier molecular flexibility index (Phi) is 10.9. The molecule has 0 aromatic carbocycles. The van der Waals surface area contributed by atoms with E-state index in [1.165, 1.54) is 18.4 Å². The van der Waals surface area contributed by atoms with Gasteiger partial charge in [-0.3, -0.25) is 9.79 Å². The second-order valence-corrected chi connectivity index (χ2v) is 8.01. The number of hydrogen-bond donors (Lipinski definition) is 2. The van der Waals surface area contributed by atoms with Crippen LogP contribution in [0.2, 0.25) is 0 Å². The third kappa shape index (κ3) is 7.29. The Bertz CT molecular complexity index is 640. The summed E-state index contributed by atoms with van der Waals surface area (Å²) < 4.78 is 0. The number of carbonyl (C=O) groups is 1. The Balaban J connectivity index is 2.82. The molecule has 1 aliphatic rings. The monoisotopic (exact) mass is 387 g/mol. The first-order chi connectivity index (χ1) is 13.4. The molecule has 2 N–H and O–H groups in total. The molecule has 0 heterocycles. The number of amides is 1. The molecule has 1 rings (SSSR count). The molecular formula is C24H41N3O. The summed E-state index contributed by atoms with van der Waals surface area (Å²) in [5, 5.41) is 6.48. The molecule has 28 heavy (non-hydrogen) atoms. The minimum Gasteiger partial charge on any atom is -0.391 e. The van der Waals surface area contributed by atoms with Crippen molar-refractivity contribution >= 4 is 11.6 Å². The van der Waals surface area contributed by atoms with Gasteiger partial charge in [-0.1, -0.05) is 45.8 Å². The van der Waals surface area contributed by atoms with E-state index in [9.17, 15) is 4.79 Å². The summed E-state index contributed by atoms with van der Waals surface area (Å²) in [5.41, 5.74) is 5.40. The smallest absolute Gasteiger partial charge is 0.247 e. The predicted octanol–water partition coefficient (Wildman–Crippen LogP) is 5.33. The Morgan fingerprint density at radius 2 is 1.75 bits per heavy atom. The number of carbonyl (C=O) groups excluding carboxylic acids is 1. The summed E-state index contributed by atoms with van der Waals surface area (Å²) in [6.07, 6.45) is 11.3. The van der Waals surface area contributed by atoms with Crippen molar-refractivity contribution in [1.29, 1.82) is 0 Å². The Labute approximate surface area is 172 Å². The molecule has 2 atom stereocenters. The molecule has 0 fully saturated rings. The van der Waals surface area contributed by atoms with E-state index in [0.29, 0.717) is 0 Å². The highest BCUT2D eigenvalue weighted by molar-refractivity contribution is 6.13. The molecule has 0 aliphatic heterocycles. The van der Waals surface area contributed by atoms with Gasteiger partial charge in [0.25, 0.3) is 0 Å². The molecule has 0 aromatic rings. The minimum absolute atomic E-state index is 0.103. The number of nitrogens with one attached hydrogen (secondary N) is 2. The van der Waals surface area contributed by atoms with Gasteiger partial charge < -0.3 is 10.6 Å². The van der Waals surface area contributed by atoms with E-state index in [1.807, 2.05) is 20.2 Å². The topological polar surface area (TPSA) is 53.5 Å². The van der Waals surface area contributed by atoms with Crippen molar-refractivity contribution in [3.63, 3.8) is 0 Å². The zero-order valence-corrected chi connectivity index (χ0v) is 19.1. The lowest BCUT2D eigenvalue weighted by molar-refractivity contribution is -0.118. The van der Waals surface area contributed by atoms with Crippen molar-refractivity contribution in [2.24, 2.45) is 10.9 Å². The first-order valence-corrected chi connectivity index (χ1v) is 10.9. The zero-order chi connectivity index (χ0) is 21.1. The molecule has 0 saturated carbocycles. The highest BCUT2D eigenvalue weighted by atomic mass is 16.1. The van der Waals surface area contributed by atoms with Gasteiger partial charge in [-0.2, -0.15) is 0 Å². The van der Waals surface area contributed by atoms with Gasteiger partial charge in [0, 0.05) is 31.4 Å².